The minimum Gasteiger partial charge on any atom is -0.322 e. The summed E-state index contributed by atoms with van der Waals surface area (Å²) in [5.74, 6) is 0. The van der Waals surface area contributed by atoms with Crippen molar-refractivity contribution in [1.29, 1.82) is 0 Å². The van der Waals surface area contributed by atoms with Crippen LogP contribution in [0.1, 0.15) is 25.0 Å². The number of nitrogens with zero attached hydrogens (tertiary/aromatic N) is 1. The predicted molar refractivity (Wildman–Crippen MR) is 102 cm³/mol. The van der Waals surface area contributed by atoms with E-state index in [9.17, 15) is 0 Å². The molecule has 22 heavy (non-hydrogen) atoms. The summed E-state index contributed by atoms with van der Waals surface area (Å²) in [7, 11) is 4.15. The highest BCUT2D eigenvalue weighted by Crippen LogP contribution is 2.14. The maximum Gasteiger partial charge on any atom is 0.0352 e. The SMILES string of the molecule is CC(C)(N)c1ccccc1.CN(C)Cc1ccccc1.Cl.Cl. The number of halogens is 2. The fourth-order valence-corrected chi connectivity index (χ4v) is 1.82. The third-order valence-electron chi connectivity index (χ3n) is 2.86. The molecular weight excluding hydrogens is 315 g/mol. The Morgan fingerprint density at radius 2 is 1.23 bits per heavy atom. The maximum atomic E-state index is 5.86. The minimum absolute atomic E-state index is 0. The zero-order valence-electron chi connectivity index (χ0n) is 13.8. The third kappa shape index (κ3) is 9.80. The predicted octanol–water partition coefficient (Wildman–Crippen LogP) is 4.47. The van der Waals surface area contributed by atoms with Crippen LogP contribution in [0.4, 0.5) is 0 Å². The molecule has 0 saturated carbocycles. The monoisotopic (exact) mass is 342 g/mol. The molecule has 0 bridgehead atoms. The zero-order valence-corrected chi connectivity index (χ0v) is 15.5. The van der Waals surface area contributed by atoms with Gasteiger partial charge < -0.3 is 10.6 Å². The Balaban J connectivity index is 0. The molecule has 0 atom stereocenters. The second-order valence-corrected chi connectivity index (χ2v) is 5.81. The van der Waals surface area contributed by atoms with E-state index in [1.807, 2.05) is 50.2 Å². The fourth-order valence-electron chi connectivity index (χ4n) is 1.82. The van der Waals surface area contributed by atoms with Gasteiger partial charge in [-0.2, -0.15) is 0 Å². The van der Waals surface area contributed by atoms with E-state index in [-0.39, 0.29) is 30.4 Å². The summed E-state index contributed by atoms with van der Waals surface area (Å²) < 4.78 is 0. The molecule has 0 fully saturated rings. The molecule has 124 valence electrons. The van der Waals surface area contributed by atoms with E-state index in [0.717, 1.165) is 6.54 Å². The number of hydrogen-bond acceptors (Lipinski definition) is 2. The highest BCUT2D eigenvalue weighted by molar-refractivity contribution is 5.85. The number of benzene rings is 2. The maximum absolute atomic E-state index is 5.86. The van der Waals surface area contributed by atoms with Gasteiger partial charge in [-0.25, -0.2) is 0 Å². The normalized spacial score (nSPS) is 9.91. The fraction of sp³-hybridized carbons (Fsp3) is 0.333. The van der Waals surface area contributed by atoms with E-state index < -0.39 is 0 Å². The van der Waals surface area contributed by atoms with Crippen molar-refractivity contribution in [2.45, 2.75) is 25.9 Å². The van der Waals surface area contributed by atoms with E-state index in [0.29, 0.717) is 0 Å². The molecule has 0 amide bonds. The second-order valence-electron chi connectivity index (χ2n) is 5.81. The van der Waals surface area contributed by atoms with Crippen LogP contribution in [0.25, 0.3) is 0 Å². The Labute approximate surface area is 147 Å². The van der Waals surface area contributed by atoms with E-state index in [1.165, 1.54) is 11.1 Å². The third-order valence-corrected chi connectivity index (χ3v) is 2.86. The Kier molecular flexibility index (Phi) is 12.1. The Morgan fingerprint density at radius 1 is 0.818 bits per heavy atom. The molecule has 2 aromatic carbocycles. The average Bonchev–Trinajstić information content (AvgIpc) is 2.40. The highest BCUT2D eigenvalue weighted by Gasteiger charge is 2.11. The Bertz CT molecular complexity index is 479. The summed E-state index contributed by atoms with van der Waals surface area (Å²) in [6.45, 7) is 5.03. The Hall–Kier alpha value is -1.06. The largest absolute Gasteiger partial charge is 0.322 e. The van der Waals surface area contributed by atoms with Gasteiger partial charge in [0.1, 0.15) is 0 Å². The summed E-state index contributed by atoms with van der Waals surface area (Å²) in [5.41, 5.74) is 8.19. The van der Waals surface area contributed by atoms with Crippen LogP contribution in [0.5, 0.6) is 0 Å². The molecule has 2 nitrogen and oxygen atoms in total. The molecule has 0 aromatic heterocycles. The van der Waals surface area contributed by atoms with Crippen molar-refractivity contribution < 1.29 is 0 Å². The van der Waals surface area contributed by atoms with Crippen LogP contribution in [0.15, 0.2) is 60.7 Å². The lowest BCUT2D eigenvalue weighted by Crippen LogP contribution is -2.28. The van der Waals surface area contributed by atoms with Gasteiger partial charge in [0.15, 0.2) is 0 Å². The van der Waals surface area contributed by atoms with Crippen molar-refractivity contribution in [1.82, 2.24) is 4.90 Å². The molecule has 2 rings (SSSR count). The van der Waals surface area contributed by atoms with Gasteiger partial charge in [-0.3, -0.25) is 0 Å². The summed E-state index contributed by atoms with van der Waals surface area (Å²) in [5, 5.41) is 0. The standard InChI is InChI=1S/2C9H13N.2ClH/c1-10(2)8-9-6-4-3-5-7-9;1-9(2,10)8-6-4-3-5-7-8;;/h3-7H,8H2,1-2H3;3-7H,10H2,1-2H3;2*1H. The van der Waals surface area contributed by atoms with E-state index in [4.69, 9.17) is 5.73 Å². The average molecular weight is 343 g/mol. The van der Waals surface area contributed by atoms with Gasteiger partial charge in [-0.1, -0.05) is 60.7 Å². The molecule has 0 heterocycles. The van der Waals surface area contributed by atoms with E-state index in [2.05, 4.69) is 43.3 Å². The van der Waals surface area contributed by atoms with Gasteiger partial charge in [0.05, 0.1) is 0 Å². The van der Waals surface area contributed by atoms with Crippen molar-refractivity contribution in [2.75, 3.05) is 14.1 Å². The first-order valence-electron chi connectivity index (χ1n) is 6.92. The minimum atomic E-state index is -0.207. The molecule has 2 aromatic rings. The topological polar surface area (TPSA) is 29.3 Å². The zero-order chi connectivity index (χ0) is 15.0. The number of nitrogens with two attached hydrogens (primary N) is 1. The molecule has 0 radical (unpaired) electrons. The van der Waals surface area contributed by atoms with E-state index in [1.54, 1.807) is 0 Å². The van der Waals surface area contributed by atoms with Gasteiger partial charge >= 0.3 is 0 Å². The first-order valence-corrected chi connectivity index (χ1v) is 6.92. The lowest BCUT2D eigenvalue weighted by molar-refractivity contribution is 0.402. The summed E-state index contributed by atoms with van der Waals surface area (Å²) in [6.07, 6.45) is 0. The molecule has 0 unspecified atom stereocenters. The highest BCUT2D eigenvalue weighted by atomic mass is 35.5. The van der Waals surface area contributed by atoms with Gasteiger partial charge in [0, 0.05) is 12.1 Å². The summed E-state index contributed by atoms with van der Waals surface area (Å²) >= 11 is 0. The van der Waals surface area contributed by atoms with Gasteiger partial charge in [0.25, 0.3) is 0 Å². The van der Waals surface area contributed by atoms with Crippen LogP contribution in [-0.4, -0.2) is 19.0 Å². The van der Waals surface area contributed by atoms with Crippen molar-refractivity contribution in [3.63, 3.8) is 0 Å². The molecule has 0 aliphatic rings. The van der Waals surface area contributed by atoms with Crippen molar-refractivity contribution >= 4 is 24.8 Å². The molecule has 4 heteroatoms. The van der Waals surface area contributed by atoms with Gasteiger partial charge in [-0.05, 0) is 39.1 Å². The van der Waals surface area contributed by atoms with Crippen LogP contribution in [0, 0.1) is 0 Å². The number of hydrogen-bond donors (Lipinski definition) is 1. The van der Waals surface area contributed by atoms with Crippen LogP contribution in [0.3, 0.4) is 0 Å². The van der Waals surface area contributed by atoms with Crippen LogP contribution < -0.4 is 5.73 Å². The van der Waals surface area contributed by atoms with Gasteiger partial charge in [0.2, 0.25) is 0 Å². The molecule has 0 spiro atoms. The van der Waals surface area contributed by atoms with E-state index >= 15 is 0 Å². The molecular formula is C18H28Cl2N2. The first kappa shape index (κ1) is 23.2. The first-order chi connectivity index (χ1) is 9.39. The van der Waals surface area contributed by atoms with Crippen LogP contribution in [-0.2, 0) is 12.1 Å². The quantitative estimate of drug-likeness (QED) is 0.891. The van der Waals surface area contributed by atoms with Crippen LogP contribution >= 0.6 is 24.8 Å². The van der Waals surface area contributed by atoms with Crippen molar-refractivity contribution in [2.24, 2.45) is 5.73 Å². The van der Waals surface area contributed by atoms with Crippen LogP contribution in [0.2, 0.25) is 0 Å². The summed E-state index contributed by atoms with van der Waals surface area (Å²) in [6, 6.07) is 20.5. The smallest absolute Gasteiger partial charge is 0.0352 e. The van der Waals surface area contributed by atoms with Gasteiger partial charge in [-0.15, -0.1) is 24.8 Å². The lowest BCUT2D eigenvalue weighted by Gasteiger charge is -2.18. The number of rotatable bonds is 3. The van der Waals surface area contributed by atoms with Crippen molar-refractivity contribution in [3.8, 4) is 0 Å². The molecule has 0 aliphatic heterocycles. The molecule has 0 saturated heterocycles. The summed E-state index contributed by atoms with van der Waals surface area (Å²) in [4.78, 5) is 2.16. The molecule has 2 N–H and O–H groups in total. The lowest BCUT2D eigenvalue weighted by atomic mass is 9.96. The molecule has 0 aliphatic carbocycles. The second kappa shape index (κ2) is 11.5. The van der Waals surface area contributed by atoms with Crippen molar-refractivity contribution in [3.05, 3.63) is 71.8 Å². The Morgan fingerprint density at radius 3 is 1.55 bits per heavy atom.